The molecule has 0 spiro atoms. The summed E-state index contributed by atoms with van der Waals surface area (Å²) in [5.41, 5.74) is 0.585. The number of carboxylic acids is 1. The molecular formula is C12H16FNO2. The Morgan fingerprint density at radius 3 is 2.69 bits per heavy atom. The first-order chi connectivity index (χ1) is 7.50. The van der Waals surface area contributed by atoms with Gasteiger partial charge in [0.1, 0.15) is 5.82 Å². The molecule has 0 amide bonds. The van der Waals surface area contributed by atoms with Crippen LogP contribution in [0.3, 0.4) is 0 Å². The zero-order valence-electron chi connectivity index (χ0n) is 9.48. The lowest BCUT2D eigenvalue weighted by molar-refractivity contribution is -0.138. The lowest BCUT2D eigenvalue weighted by atomic mass is 10.1. The Morgan fingerprint density at radius 2 is 2.12 bits per heavy atom. The first kappa shape index (κ1) is 12.6. The summed E-state index contributed by atoms with van der Waals surface area (Å²) in [5, 5.41) is 8.65. The van der Waals surface area contributed by atoms with Gasteiger partial charge in [-0.1, -0.05) is 18.2 Å². The Kier molecular flexibility index (Phi) is 4.43. The predicted molar refractivity (Wildman–Crippen MR) is 59.6 cm³/mol. The molecule has 0 heterocycles. The second-order valence-corrected chi connectivity index (χ2v) is 3.95. The number of aliphatic carboxylic acids is 1. The maximum Gasteiger partial charge on any atom is 0.304 e. The average Bonchev–Trinajstić information content (AvgIpc) is 2.20. The molecule has 0 bridgehead atoms. The number of benzene rings is 1. The van der Waals surface area contributed by atoms with E-state index in [0.717, 1.165) is 0 Å². The van der Waals surface area contributed by atoms with E-state index in [-0.39, 0.29) is 18.3 Å². The number of carbonyl (C=O) groups is 1. The van der Waals surface area contributed by atoms with Gasteiger partial charge in [-0.25, -0.2) is 4.39 Å². The van der Waals surface area contributed by atoms with Gasteiger partial charge in [-0.15, -0.1) is 0 Å². The van der Waals surface area contributed by atoms with Crippen LogP contribution in [0.1, 0.15) is 18.9 Å². The van der Waals surface area contributed by atoms with Crippen LogP contribution in [0.25, 0.3) is 0 Å². The predicted octanol–water partition coefficient (Wildman–Crippen LogP) is 2.12. The van der Waals surface area contributed by atoms with Crippen molar-refractivity contribution in [1.29, 1.82) is 0 Å². The summed E-state index contributed by atoms with van der Waals surface area (Å²) in [7, 11) is 1.79. The summed E-state index contributed by atoms with van der Waals surface area (Å²) in [5.74, 6) is -1.09. The Morgan fingerprint density at radius 1 is 1.50 bits per heavy atom. The Labute approximate surface area is 94.5 Å². The molecule has 1 rings (SSSR count). The molecule has 1 N–H and O–H groups in total. The normalized spacial score (nSPS) is 12.8. The molecule has 0 aliphatic carbocycles. The molecule has 0 aliphatic rings. The topological polar surface area (TPSA) is 40.5 Å². The minimum absolute atomic E-state index is 0.0605. The highest BCUT2D eigenvalue weighted by Gasteiger charge is 2.14. The van der Waals surface area contributed by atoms with Crippen LogP contribution in [0.2, 0.25) is 0 Å². The summed E-state index contributed by atoms with van der Waals surface area (Å²) in [6.45, 7) is 2.23. The molecular weight excluding hydrogens is 209 g/mol. The fraction of sp³-hybridized carbons (Fsp3) is 0.417. The third-order valence-corrected chi connectivity index (χ3v) is 2.60. The van der Waals surface area contributed by atoms with Crippen LogP contribution >= 0.6 is 0 Å². The molecule has 0 saturated carbocycles. The quantitative estimate of drug-likeness (QED) is 0.834. The SMILES string of the molecule is CC(CC(=O)O)N(C)Cc1ccccc1F. The monoisotopic (exact) mass is 225 g/mol. The number of halogens is 1. The van der Waals surface area contributed by atoms with Crippen LogP contribution in [-0.2, 0) is 11.3 Å². The van der Waals surface area contributed by atoms with E-state index in [1.54, 1.807) is 25.2 Å². The molecule has 0 saturated heterocycles. The molecule has 4 heteroatoms. The third-order valence-electron chi connectivity index (χ3n) is 2.60. The van der Waals surface area contributed by atoms with Crippen LogP contribution in [0.5, 0.6) is 0 Å². The molecule has 0 fully saturated rings. The van der Waals surface area contributed by atoms with Gasteiger partial charge in [0.05, 0.1) is 6.42 Å². The number of hydrogen-bond donors (Lipinski definition) is 1. The molecule has 16 heavy (non-hydrogen) atoms. The van der Waals surface area contributed by atoms with Gasteiger partial charge in [-0.2, -0.15) is 0 Å². The van der Waals surface area contributed by atoms with Crippen molar-refractivity contribution in [2.75, 3.05) is 7.05 Å². The summed E-state index contributed by atoms with van der Waals surface area (Å²) < 4.78 is 13.3. The van der Waals surface area contributed by atoms with Gasteiger partial charge in [0.15, 0.2) is 0 Å². The van der Waals surface area contributed by atoms with E-state index >= 15 is 0 Å². The summed E-state index contributed by atoms with van der Waals surface area (Å²) in [4.78, 5) is 12.4. The molecule has 3 nitrogen and oxygen atoms in total. The van der Waals surface area contributed by atoms with Crippen LogP contribution in [-0.4, -0.2) is 29.1 Å². The molecule has 1 atom stereocenters. The highest BCUT2D eigenvalue weighted by molar-refractivity contribution is 5.67. The largest absolute Gasteiger partial charge is 0.481 e. The van der Waals surface area contributed by atoms with Gasteiger partial charge in [0.25, 0.3) is 0 Å². The zero-order chi connectivity index (χ0) is 12.1. The second kappa shape index (κ2) is 5.61. The number of carboxylic acid groups (broad SMARTS) is 1. The molecule has 1 aromatic rings. The van der Waals surface area contributed by atoms with E-state index in [4.69, 9.17) is 5.11 Å². The smallest absolute Gasteiger partial charge is 0.304 e. The molecule has 1 aromatic carbocycles. The van der Waals surface area contributed by atoms with E-state index in [2.05, 4.69) is 0 Å². The minimum atomic E-state index is -0.840. The van der Waals surface area contributed by atoms with Crippen molar-refractivity contribution < 1.29 is 14.3 Å². The molecule has 88 valence electrons. The number of hydrogen-bond acceptors (Lipinski definition) is 2. The first-order valence-electron chi connectivity index (χ1n) is 5.16. The summed E-state index contributed by atoms with van der Waals surface area (Å²) in [6, 6.07) is 6.41. The average molecular weight is 225 g/mol. The summed E-state index contributed by atoms with van der Waals surface area (Å²) >= 11 is 0. The zero-order valence-corrected chi connectivity index (χ0v) is 9.48. The van der Waals surface area contributed by atoms with Gasteiger partial charge in [-0.3, -0.25) is 9.69 Å². The van der Waals surface area contributed by atoms with Crippen molar-refractivity contribution in [3.05, 3.63) is 35.6 Å². The number of nitrogens with zero attached hydrogens (tertiary/aromatic N) is 1. The highest BCUT2D eigenvalue weighted by atomic mass is 19.1. The molecule has 1 unspecified atom stereocenters. The van der Waals surface area contributed by atoms with Crippen molar-refractivity contribution in [3.63, 3.8) is 0 Å². The van der Waals surface area contributed by atoms with Crippen molar-refractivity contribution in [3.8, 4) is 0 Å². The van der Waals surface area contributed by atoms with Crippen LogP contribution in [0.15, 0.2) is 24.3 Å². The third kappa shape index (κ3) is 3.62. The summed E-state index contributed by atoms with van der Waals surface area (Å²) in [6.07, 6.45) is 0.0605. The number of rotatable bonds is 5. The Hall–Kier alpha value is -1.42. The molecule has 0 aromatic heterocycles. The van der Waals surface area contributed by atoms with Gasteiger partial charge in [0.2, 0.25) is 0 Å². The molecule has 0 aliphatic heterocycles. The van der Waals surface area contributed by atoms with Crippen molar-refractivity contribution in [2.24, 2.45) is 0 Å². The Balaban J connectivity index is 2.60. The lowest BCUT2D eigenvalue weighted by Gasteiger charge is -2.23. The van der Waals surface area contributed by atoms with E-state index in [0.29, 0.717) is 12.1 Å². The Bertz CT molecular complexity index is 368. The van der Waals surface area contributed by atoms with Crippen LogP contribution in [0.4, 0.5) is 4.39 Å². The minimum Gasteiger partial charge on any atom is -0.481 e. The highest BCUT2D eigenvalue weighted by Crippen LogP contribution is 2.11. The fourth-order valence-electron chi connectivity index (χ4n) is 1.46. The van der Waals surface area contributed by atoms with E-state index < -0.39 is 5.97 Å². The van der Waals surface area contributed by atoms with E-state index in [1.807, 2.05) is 11.8 Å². The van der Waals surface area contributed by atoms with Gasteiger partial charge in [0, 0.05) is 18.2 Å². The van der Waals surface area contributed by atoms with Crippen LogP contribution in [0, 0.1) is 5.82 Å². The molecule has 0 radical (unpaired) electrons. The fourth-order valence-corrected chi connectivity index (χ4v) is 1.46. The van der Waals surface area contributed by atoms with E-state index in [9.17, 15) is 9.18 Å². The van der Waals surface area contributed by atoms with Gasteiger partial charge < -0.3 is 5.11 Å². The second-order valence-electron chi connectivity index (χ2n) is 3.95. The van der Waals surface area contributed by atoms with Crippen molar-refractivity contribution >= 4 is 5.97 Å². The van der Waals surface area contributed by atoms with Gasteiger partial charge in [-0.05, 0) is 20.0 Å². The van der Waals surface area contributed by atoms with Crippen molar-refractivity contribution in [2.45, 2.75) is 25.9 Å². The van der Waals surface area contributed by atoms with Crippen LogP contribution < -0.4 is 0 Å². The lowest BCUT2D eigenvalue weighted by Crippen LogP contribution is -2.30. The van der Waals surface area contributed by atoms with Crippen molar-refractivity contribution in [1.82, 2.24) is 4.90 Å². The van der Waals surface area contributed by atoms with E-state index in [1.165, 1.54) is 6.07 Å². The van der Waals surface area contributed by atoms with Gasteiger partial charge >= 0.3 is 5.97 Å². The maximum atomic E-state index is 13.3. The standard InChI is InChI=1S/C12H16FNO2/c1-9(7-12(15)16)14(2)8-10-5-3-4-6-11(10)13/h3-6,9H,7-8H2,1-2H3,(H,15,16). The maximum absolute atomic E-state index is 13.3. The first-order valence-corrected chi connectivity index (χ1v) is 5.16.